The van der Waals surface area contributed by atoms with Crippen molar-refractivity contribution in [1.82, 2.24) is 5.01 Å². The molecule has 0 fully saturated rings. The van der Waals surface area contributed by atoms with E-state index in [4.69, 9.17) is 35.6 Å². The highest BCUT2D eigenvalue weighted by molar-refractivity contribution is 6.30. The maximum absolute atomic E-state index is 13.5. The molecule has 0 amide bonds. The Labute approximate surface area is 196 Å². The van der Waals surface area contributed by atoms with Crippen molar-refractivity contribution in [2.45, 2.75) is 18.7 Å². The quantitative estimate of drug-likeness (QED) is 0.477. The molecule has 0 N–H and O–H groups in total. The zero-order valence-electron chi connectivity index (χ0n) is 18.3. The smallest absolute Gasteiger partial charge is 0.214 e. The van der Waals surface area contributed by atoms with E-state index in [0.29, 0.717) is 28.7 Å². The number of methoxy groups -OCH3 is 3. The van der Waals surface area contributed by atoms with E-state index in [2.05, 4.69) is 0 Å². The number of hydrazone groups is 1. The van der Waals surface area contributed by atoms with Crippen molar-refractivity contribution < 1.29 is 23.3 Å². The summed E-state index contributed by atoms with van der Waals surface area (Å²) in [7, 11) is 4.71. The lowest BCUT2D eigenvalue weighted by Crippen LogP contribution is -2.33. The van der Waals surface area contributed by atoms with Crippen LogP contribution in [0.5, 0.6) is 23.0 Å². The van der Waals surface area contributed by atoms with Gasteiger partial charge in [0.1, 0.15) is 11.6 Å². The fourth-order valence-corrected chi connectivity index (χ4v) is 4.52. The number of halogens is 2. The fourth-order valence-electron chi connectivity index (χ4n) is 4.34. The van der Waals surface area contributed by atoms with Gasteiger partial charge in [0.15, 0.2) is 11.5 Å². The average Bonchev–Trinajstić information content (AvgIpc) is 3.29. The molecule has 3 aromatic carbocycles. The lowest BCUT2D eigenvalue weighted by Gasteiger charge is -2.38. The van der Waals surface area contributed by atoms with Crippen LogP contribution in [0.15, 0.2) is 59.7 Å². The van der Waals surface area contributed by atoms with E-state index >= 15 is 0 Å². The van der Waals surface area contributed by atoms with Crippen molar-refractivity contribution in [2.75, 3.05) is 21.3 Å². The molecule has 8 heteroatoms. The first-order chi connectivity index (χ1) is 16.0. The van der Waals surface area contributed by atoms with Crippen molar-refractivity contribution in [3.63, 3.8) is 0 Å². The summed E-state index contributed by atoms with van der Waals surface area (Å²) in [5, 5.41) is 7.44. The minimum atomic E-state index is -0.546. The van der Waals surface area contributed by atoms with Gasteiger partial charge in [-0.15, -0.1) is 0 Å². The van der Waals surface area contributed by atoms with Gasteiger partial charge in [0.25, 0.3) is 0 Å². The van der Waals surface area contributed by atoms with Crippen LogP contribution < -0.4 is 18.9 Å². The third-order valence-electron chi connectivity index (χ3n) is 5.90. The molecular formula is C25H22ClFN2O4. The van der Waals surface area contributed by atoms with Crippen molar-refractivity contribution in [2.24, 2.45) is 5.10 Å². The second-order valence-corrected chi connectivity index (χ2v) is 8.20. The minimum Gasteiger partial charge on any atom is -0.493 e. The Morgan fingerprint density at radius 2 is 1.67 bits per heavy atom. The third kappa shape index (κ3) is 3.72. The molecule has 6 nitrogen and oxygen atoms in total. The molecular weight excluding hydrogens is 447 g/mol. The maximum atomic E-state index is 13.5. The molecule has 0 saturated carbocycles. The van der Waals surface area contributed by atoms with Crippen LogP contribution in [0.1, 0.15) is 35.4 Å². The zero-order valence-corrected chi connectivity index (χ0v) is 19.1. The number of benzene rings is 3. The van der Waals surface area contributed by atoms with Crippen molar-refractivity contribution in [3.05, 3.63) is 82.1 Å². The van der Waals surface area contributed by atoms with Gasteiger partial charge >= 0.3 is 0 Å². The lowest BCUT2D eigenvalue weighted by molar-refractivity contribution is -0.0192. The van der Waals surface area contributed by atoms with Crippen LogP contribution in [-0.2, 0) is 0 Å². The molecule has 2 aliphatic heterocycles. The highest BCUT2D eigenvalue weighted by Gasteiger charge is 2.41. The van der Waals surface area contributed by atoms with Crippen molar-refractivity contribution in [1.29, 1.82) is 0 Å². The topological polar surface area (TPSA) is 52.5 Å². The second kappa shape index (κ2) is 8.48. The molecule has 170 valence electrons. The third-order valence-corrected chi connectivity index (χ3v) is 6.14. The summed E-state index contributed by atoms with van der Waals surface area (Å²) in [5.41, 5.74) is 3.44. The monoisotopic (exact) mass is 468 g/mol. The Bertz CT molecular complexity index is 1210. The van der Waals surface area contributed by atoms with E-state index in [0.717, 1.165) is 28.2 Å². The summed E-state index contributed by atoms with van der Waals surface area (Å²) >= 11 is 6.30. The molecule has 0 bridgehead atoms. The summed E-state index contributed by atoms with van der Waals surface area (Å²) < 4.78 is 36.4. The molecule has 3 aromatic rings. The zero-order chi connectivity index (χ0) is 23.1. The van der Waals surface area contributed by atoms with E-state index in [1.165, 1.54) is 12.1 Å². The Hall–Kier alpha value is -3.45. The molecule has 0 aliphatic carbocycles. The molecule has 33 heavy (non-hydrogen) atoms. The SMILES string of the molecule is COc1cc([C@@H]2Oc3ccc(Cl)cc3[C@H]3CC(c4ccc(F)cc4)=NN32)cc(OC)c1OC. The number of fused-ring (bicyclic) bond motifs is 3. The van der Waals surface area contributed by atoms with E-state index in [1.807, 2.05) is 29.3 Å². The predicted molar refractivity (Wildman–Crippen MR) is 123 cm³/mol. The molecule has 0 spiro atoms. The van der Waals surface area contributed by atoms with Crippen LogP contribution in [0.4, 0.5) is 4.39 Å². The number of nitrogens with zero attached hydrogens (tertiary/aromatic N) is 2. The first kappa shape index (κ1) is 21.4. The Balaban J connectivity index is 1.63. The van der Waals surface area contributed by atoms with Gasteiger partial charge in [-0.1, -0.05) is 23.7 Å². The van der Waals surface area contributed by atoms with Gasteiger partial charge in [-0.25, -0.2) is 9.40 Å². The Morgan fingerprint density at radius 1 is 0.970 bits per heavy atom. The number of hydrogen-bond donors (Lipinski definition) is 0. The molecule has 0 aromatic heterocycles. The first-order valence-corrected chi connectivity index (χ1v) is 10.8. The van der Waals surface area contributed by atoms with Gasteiger partial charge < -0.3 is 18.9 Å². The van der Waals surface area contributed by atoms with E-state index in [-0.39, 0.29) is 11.9 Å². The minimum absolute atomic E-state index is 0.100. The Morgan fingerprint density at radius 3 is 2.30 bits per heavy atom. The second-order valence-electron chi connectivity index (χ2n) is 7.76. The van der Waals surface area contributed by atoms with Crippen LogP contribution >= 0.6 is 11.6 Å². The van der Waals surface area contributed by atoms with Gasteiger partial charge in [-0.2, -0.15) is 5.10 Å². The molecule has 2 heterocycles. The van der Waals surface area contributed by atoms with Gasteiger partial charge in [-0.3, -0.25) is 0 Å². The summed E-state index contributed by atoms with van der Waals surface area (Å²) in [6.45, 7) is 0. The standard InChI is InChI=1S/C25H22ClFN2O4/c1-30-22-10-15(11-23(31-2)24(22)32-3)25-29-20(18-12-16(26)6-9-21(18)33-25)13-19(28-29)14-4-7-17(27)8-5-14/h4-12,20,25H,13H2,1-3H3/t20-,25+/m1/s1. The van der Waals surface area contributed by atoms with E-state index < -0.39 is 6.23 Å². The number of hydrogen-bond acceptors (Lipinski definition) is 6. The molecule has 0 saturated heterocycles. The van der Waals surface area contributed by atoms with Gasteiger partial charge in [0, 0.05) is 22.6 Å². The molecule has 2 aliphatic rings. The summed E-state index contributed by atoms with van der Waals surface area (Å²) in [4.78, 5) is 0. The Kier molecular flexibility index (Phi) is 5.50. The predicted octanol–water partition coefficient (Wildman–Crippen LogP) is 5.75. The highest BCUT2D eigenvalue weighted by atomic mass is 35.5. The van der Waals surface area contributed by atoms with Gasteiger partial charge in [0.05, 0.1) is 33.1 Å². The van der Waals surface area contributed by atoms with Gasteiger partial charge in [-0.05, 0) is 48.0 Å². The first-order valence-electron chi connectivity index (χ1n) is 10.4. The van der Waals surface area contributed by atoms with Crippen LogP contribution in [0.25, 0.3) is 0 Å². The summed E-state index contributed by atoms with van der Waals surface area (Å²) in [6.07, 6.45) is 0.0822. The fraction of sp³-hybridized carbons (Fsp3) is 0.240. The van der Waals surface area contributed by atoms with Crippen molar-refractivity contribution in [3.8, 4) is 23.0 Å². The number of rotatable bonds is 5. The van der Waals surface area contributed by atoms with Crippen LogP contribution in [0.2, 0.25) is 5.02 Å². The number of ether oxygens (including phenoxy) is 4. The summed E-state index contributed by atoms with van der Waals surface area (Å²) in [6, 6.07) is 15.5. The van der Waals surface area contributed by atoms with E-state index in [1.54, 1.807) is 39.5 Å². The van der Waals surface area contributed by atoms with Crippen LogP contribution in [0.3, 0.4) is 0 Å². The van der Waals surface area contributed by atoms with Crippen molar-refractivity contribution >= 4 is 17.3 Å². The molecule has 0 unspecified atom stereocenters. The highest BCUT2D eigenvalue weighted by Crippen LogP contribution is 2.50. The lowest BCUT2D eigenvalue weighted by atomic mass is 9.96. The van der Waals surface area contributed by atoms with Crippen LogP contribution in [-0.4, -0.2) is 32.0 Å². The van der Waals surface area contributed by atoms with Gasteiger partial charge in [0.2, 0.25) is 12.0 Å². The molecule has 0 radical (unpaired) electrons. The average molecular weight is 469 g/mol. The van der Waals surface area contributed by atoms with E-state index in [9.17, 15) is 4.39 Å². The molecule has 5 rings (SSSR count). The maximum Gasteiger partial charge on any atom is 0.214 e. The molecule has 2 atom stereocenters. The van der Waals surface area contributed by atoms with Crippen LogP contribution in [0, 0.1) is 5.82 Å². The summed E-state index contributed by atoms with van der Waals surface area (Å²) in [5.74, 6) is 1.99. The largest absolute Gasteiger partial charge is 0.493 e. The normalized spacial score (nSPS) is 18.7.